The fourth-order valence-corrected chi connectivity index (χ4v) is 2.68. The van der Waals surface area contributed by atoms with Crippen molar-refractivity contribution in [1.82, 2.24) is 9.97 Å². The van der Waals surface area contributed by atoms with Crippen LogP contribution in [0.25, 0.3) is 0 Å². The molecule has 1 aliphatic heterocycles. The van der Waals surface area contributed by atoms with Crippen LogP contribution in [-0.4, -0.2) is 23.1 Å². The zero-order chi connectivity index (χ0) is 10.3. The van der Waals surface area contributed by atoms with E-state index in [1.807, 2.05) is 6.07 Å². The molecule has 0 amide bonds. The van der Waals surface area contributed by atoms with E-state index in [-0.39, 0.29) is 0 Å². The highest BCUT2D eigenvalue weighted by Gasteiger charge is 2.55. The van der Waals surface area contributed by atoms with Gasteiger partial charge >= 0.3 is 0 Å². The lowest BCUT2D eigenvalue weighted by molar-refractivity contribution is 0.642. The van der Waals surface area contributed by atoms with Crippen LogP contribution in [0, 0.1) is 29.1 Å². The van der Waals surface area contributed by atoms with E-state index in [1.165, 1.54) is 0 Å². The second-order valence-corrected chi connectivity index (χ2v) is 4.31. The smallest absolute Gasteiger partial charge is 0.225 e. The molecule has 2 atom stereocenters. The molecule has 0 aromatic carbocycles. The van der Waals surface area contributed by atoms with Gasteiger partial charge < -0.3 is 4.90 Å². The first-order valence-electron chi connectivity index (χ1n) is 5.29. The van der Waals surface area contributed by atoms with Crippen LogP contribution in [0.2, 0.25) is 0 Å². The summed E-state index contributed by atoms with van der Waals surface area (Å²) < 4.78 is 0. The molecule has 15 heavy (non-hydrogen) atoms. The van der Waals surface area contributed by atoms with Crippen molar-refractivity contribution in [2.45, 2.75) is 6.42 Å². The fraction of sp³-hybridized carbons (Fsp3) is 0.545. The molecule has 4 nitrogen and oxygen atoms in total. The number of nitriles is 1. The van der Waals surface area contributed by atoms with Gasteiger partial charge in [-0.15, -0.1) is 0 Å². The molecule has 0 radical (unpaired) electrons. The Morgan fingerprint density at radius 3 is 2.60 bits per heavy atom. The normalized spacial score (nSPS) is 32.2. The van der Waals surface area contributed by atoms with Crippen LogP contribution in [0.4, 0.5) is 5.95 Å². The number of piperidine rings is 1. The molecule has 2 aliphatic rings. The van der Waals surface area contributed by atoms with Gasteiger partial charge in [0.15, 0.2) is 0 Å². The molecule has 1 aromatic heterocycles. The molecule has 0 unspecified atom stereocenters. The minimum absolute atomic E-state index is 0.648. The van der Waals surface area contributed by atoms with Gasteiger partial charge in [0.25, 0.3) is 0 Å². The van der Waals surface area contributed by atoms with Crippen LogP contribution in [-0.2, 0) is 0 Å². The zero-order valence-corrected chi connectivity index (χ0v) is 8.37. The maximum absolute atomic E-state index is 8.63. The van der Waals surface area contributed by atoms with Gasteiger partial charge in [-0.2, -0.15) is 5.26 Å². The summed E-state index contributed by atoms with van der Waals surface area (Å²) in [5.74, 6) is 2.91. The highest BCUT2D eigenvalue weighted by atomic mass is 15.3. The Morgan fingerprint density at radius 2 is 2.00 bits per heavy atom. The summed E-state index contributed by atoms with van der Waals surface area (Å²) in [6, 6.07) is 4.10. The molecule has 2 heterocycles. The molecular weight excluding hydrogens is 188 g/mol. The lowest BCUT2D eigenvalue weighted by Gasteiger charge is -2.18. The van der Waals surface area contributed by atoms with E-state index in [9.17, 15) is 0 Å². The summed E-state index contributed by atoms with van der Waals surface area (Å²) in [6.45, 7) is 2.06. The molecule has 1 saturated carbocycles. The van der Waals surface area contributed by atoms with E-state index >= 15 is 0 Å². The Bertz CT molecular complexity index is 385. The highest BCUT2D eigenvalue weighted by Crippen LogP contribution is 2.53. The molecule has 1 aliphatic carbocycles. The Kier molecular flexibility index (Phi) is 1.84. The monoisotopic (exact) mass is 200 g/mol. The minimum Gasteiger partial charge on any atom is -0.340 e. The van der Waals surface area contributed by atoms with Crippen molar-refractivity contribution < 1.29 is 0 Å². The van der Waals surface area contributed by atoms with Crippen LogP contribution in [0.15, 0.2) is 18.5 Å². The van der Waals surface area contributed by atoms with E-state index < -0.39 is 0 Å². The Labute approximate surface area is 88.6 Å². The zero-order valence-electron chi connectivity index (χ0n) is 8.37. The highest BCUT2D eigenvalue weighted by molar-refractivity contribution is 5.34. The summed E-state index contributed by atoms with van der Waals surface area (Å²) >= 11 is 0. The molecule has 1 saturated heterocycles. The number of nitrogens with zero attached hydrogens (tertiary/aromatic N) is 4. The van der Waals surface area contributed by atoms with E-state index in [1.54, 1.807) is 12.4 Å². The van der Waals surface area contributed by atoms with Crippen LogP contribution in [0.3, 0.4) is 0 Å². The minimum atomic E-state index is 0.648. The average molecular weight is 200 g/mol. The van der Waals surface area contributed by atoms with E-state index in [0.29, 0.717) is 17.8 Å². The van der Waals surface area contributed by atoms with Crippen molar-refractivity contribution in [2.24, 2.45) is 17.8 Å². The standard InChI is InChI=1S/C11H12N4/c12-3-2-8-9-6-15(7-10(8)9)11-13-4-1-5-14-11/h1,4-5,8-10H,2,6-7H2/t9-,10-/m0/s1. The average Bonchev–Trinajstić information content (AvgIpc) is 2.77. The molecule has 3 rings (SSSR count). The first-order valence-corrected chi connectivity index (χ1v) is 5.29. The van der Waals surface area contributed by atoms with Crippen LogP contribution < -0.4 is 4.90 Å². The quantitative estimate of drug-likeness (QED) is 0.716. The van der Waals surface area contributed by atoms with Crippen LogP contribution >= 0.6 is 0 Å². The summed E-state index contributed by atoms with van der Waals surface area (Å²) in [6.07, 6.45) is 4.27. The maximum Gasteiger partial charge on any atom is 0.225 e. The summed E-state index contributed by atoms with van der Waals surface area (Å²) in [5.41, 5.74) is 0. The Balaban J connectivity index is 1.65. The lowest BCUT2D eigenvalue weighted by Crippen LogP contribution is -2.25. The SMILES string of the molecule is N#CCC1[C@@H]2CN(c3ncccn3)C[C@@H]12. The summed E-state index contributed by atoms with van der Waals surface area (Å²) in [7, 11) is 0. The van der Waals surface area contributed by atoms with Crippen molar-refractivity contribution in [3.8, 4) is 6.07 Å². The number of anilines is 1. The number of hydrogen-bond acceptors (Lipinski definition) is 4. The Hall–Kier alpha value is -1.63. The predicted octanol–water partition coefficient (Wildman–Crippen LogP) is 1.07. The van der Waals surface area contributed by atoms with Gasteiger partial charge in [0, 0.05) is 31.9 Å². The van der Waals surface area contributed by atoms with Crippen LogP contribution in [0.1, 0.15) is 6.42 Å². The number of fused-ring (bicyclic) bond motifs is 1. The summed E-state index contributed by atoms with van der Waals surface area (Å²) in [5, 5.41) is 8.63. The third-order valence-corrected chi connectivity index (χ3v) is 3.53. The lowest BCUT2D eigenvalue weighted by atomic mass is 10.2. The summed E-state index contributed by atoms with van der Waals surface area (Å²) in [4.78, 5) is 10.7. The van der Waals surface area contributed by atoms with E-state index in [4.69, 9.17) is 5.26 Å². The molecular formula is C11H12N4. The molecule has 0 spiro atoms. The van der Waals surface area contributed by atoms with Crippen LogP contribution in [0.5, 0.6) is 0 Å². The molecule has 76 valence electrons. The largest absolute Gasteiger partial charge is 0.340 e. The topological polar surface area (TPSA) is 52.8 Å². The molecule has 0 N–H and O–H groups in total. The van der Waals surface area contributed by atoms with Gasteiger partial charge in [0.1, 0.15) is 0 Å². The second kappa shape index (κ2) is 3.20. The van der Waals surface area contributed by atoms with Crippen molar-refractivity contribution in [2.75, 3.05) is 18.0 Å². The van der Waals surface area contributed by atoms with Gasteiger partial charge in [-0.05, 0) is 23.8 Å². The third kappa shape index (κ3) is 1.35. The van der Waals surface area contributed by atoms with Crippen molar-refractivity contribution in [1.29, 1.82) is 5.26 Å². The molecule has 1 aromatic rings. The molecule has 2 fully saturated rings. The number of hydrogen-bond donors (Lipinski definition) is 0. The fourth-order valence-electron chi connectivity index (χ4n) is 2.68. The van der Waals surface area contributed by atoms with Gasteiger partial charge in [-0.25, -0.2) is 9.97 Å². The number of rotatable bonds is 2. The second-order valence-electron chi connectivity index (χ2n) is 4.31. The van der Waals surface area contributed by atoms with Crippen molar-refractivity contribution in [3.63, 3.8) is 0 Å². The predicted molar refractivity (Wildman–Crippen MR) is 54.9 cm³/mol. The maximum atomic E-state index is 8.63. The third-order valence-electron chi connectivity index (χ3n) is 3.53. The van der Waals surface area contributed by atoms with E-state index in [2.05, 4.69) is 20.9 Å². The van der Waals surface area contributed by atoms with E-state index in [0.717, 1.165) is 25.5 Å². The first kappa shape index (κ1) is 8.66. The van der Waals surface area contributed by atoms with Crippen molar-refractivity contribution >= 4 is 5.95 Å². The number of aromatic nitrogens is 2. The molecule has 4 heteroatoms. The van der Waals surface area contributed by atoms with Gasteiger partial charge in [-0.3, -0.25) is 0 Å². The van der Waals surface area contributed by atoms with Gasteiger partial charge in [0.2, 0.25) is 5.95 Å². The first-order chi connectivity index (χ1) is 7.40. The van der Waals surface area contributed by atoms with Crippen molar-refractivity contribution in [3.05, 3.63) is 18.5 Å². The van der Waals surface area contributed by atoms with Gasteiger partial charge in [-0.1, -0.05) is 0 Å². The Morgan fingerprint density at radius 1 is 1.33 bits per heavy atom. The van der Waals surface area contributed by atoms with Gasteiger partial charge in [0.05, 0.1) is 6.07 Å². The molecule has 0 bridgehead atoms.